The molecule has 7 nitrogen and oxygen atoms in total. The fraction of sp³-hybridized carbons (Fsp3) is 0.119. The third-order valence-electron chi connectivity index (χ3n) is 9.21. The van der Waals surface area contributed by atoms with Gasteiger partial charge >= 0.3 is 0 Å². The fourth-order valence-corrected chi connectivity index (χ4v) is 6.99. The maximum atomic E-state index is 4.83. The van der Waals surface area contributed by atoms with Crippen molar-refractivity contribution in [3.8, 4) is 22.5 Å². The van der Waals surface area contributed by atoms with Crippen LogP contribution in [-0.4, -0.2) is 34.7 Å². The molecule has 238 valence electrons. The van der Waals surface area contributed by atoms with Gasteiger partial charge in [-0.3, -0.25) is 0 Å². The lowest BCUT2D eigenvalue weighted by atomic mass is 9.77. The van der Waals surface area contributed by atoms with Gasteiger partial charge in [-0.05, 0) is 62.4 Å². The van der Waals surface area contributed by atoms with E-state index >= 15 is 0 Å². The lowest BCUT2D eigenvalue weighted by molar-refractivity contribution is 0.451. The van der Waals surface area contributed by atoms with Crippen molar-refractivity contribution >= 4 is 11.2 Å². The van der Waals surface area contributed by atoms with Crippen molar-refractivity contribution < 1.29 is 0 Å². The highest BCUT2D eigenvalue weighted by Gasteiger charge is 2.42. The van der Waals surface area contributed by atoms with E-state index in [4.69, 9.17) is 15.3 Å². The van der Waals surface area contributed by atoms with E-state index in [1.807, 2.05) is 35.1 Å². The van der Waals surface area contributed by atoms with Crippen molar-refractivity contribution in [1.29, 1.82) is 0 Å². The minimum atomic E-state index is -0.835. The van der Waals surface area contributed by atoms with Gasteiger partial charge in [-0.2, -0.15) is 0 Å². The van der Waals surface area contributed by atoms with Gasteiger partial charge in [0, 0.05) is 24.7 Å². The fourth-order valence-electron chi connectivity index (χ4n) is 6.99. The van der Waals surface area contributed by atoms with E-state index in [0.29, 0.717) is 5.82 Å². The molecular formula is C42H35N7. The summed E-state index contributed by atoms with van der Waals surface area (Å²) in [5.41, 5.74) is 8.50. The average Bonchev–Trinajstić information content (AvgIpc) is 3.79. The quantitative estimate of drug-likeness (QED) is 0.140. The molecule has 0 saturated heterocycles. The van der Waals surface area contributed by atoms with Gasteiger partial charge < -0.3 is 4.57 Å². The first-order valence-corrected chi connectivity index (χ1v) is 16.7. The van der Waals surface area contributed by atoms with Crippen LogP contribution in [0.15, 0.2) is 158 Å². The van der Waals surface area contributed by atoms with Gasteiger partial charge in [0.15, 0.2) is 11.5 Å². The van der Waals surface area contributed by atoms with Gasteiger partial charge in [0.05, 0.1) is 5.52 Å². The molecule has 0 aliphatic rings. The monoisotopic (exact) mass is 637 g/mol. The number of hydrogen-bond acceptors (Lipinski definition) is 5. The summed E-state index contributed by atoms with van der Waals surface area (Å²) < 4.78 is 4.28. The number of tetrazole rings is 1. The molecule has 0 atom stereocenters. The van der Waals surface area contributed by atoms with Crippen LogP contribution < -0.4 is 0 Å². The number of fused-ring (bicyclic) bond motifs is 1. The first-order chi connectivity index (χ1) is 24.3. The Kier molecular flexibility index (Phi) is 8.07. The normalized spacial score (nSPS) is 11.6. The number of aromatic nitrogens is 7. The summed E-state index contributed by atoms with van der Waals surface area (Å²) in [4.78, 5) is 9.33. The number of benzene rings is 5. The lowest BCUT2D eigenvalue weighted by Crippen LogP contribution is -2.39. The number of rotatable bonds is 10. The van der Waals surface area contributed by atoms with Crippen LogP contribution >= 0.6 is 0 Å². The van der Waals surface area contributed by atoms with Crippen LogP contribution in [0.3, 0.4) is 0 Å². The Morgan fingerprint density at radius 2 is 1.20 bits per heavy atom. The van der Waals surface area contributed by atoms with E-state index in [2.05, 4.69) is 149 Å². The van der Waals surface area contributed by atoms with Crippen LogP contribution in [0, 0.1) is 0 Å². The smallest absolute Gasteiger partial charge is 0.184 e. The number of pyridine rings is 1. The Labute approximate surface area is 285 Å². The number of hydrogen-bond donors (Lipinski definition) is 0. The van der Waals surface area contributed by atoms with Crippen LogP contribution in [0.4, 0.5) is 0 Å². The van der Waals surface area contributed by atoms with Gasteiger partial charge in [0.1, 0.15) is 11.4 Å². The molecule has 0 fully saturated rings. The zero-order valence-corrected chi connectivity index (χ0v) is 27.3. The van der Waals surface area contributed by atoms with E-state index in [1.165, 1.54) is 5.56 Å². The molecule has 0 spiro atoms. The summed E-state index contributed by atoms with van der Waals surface area (Å²) in [6, 6.07) is 52.7. The van der Waals surface area contributed by atoms with E-state index in [9.17, 15) is 0 Å². The maximum absolute atomic E-state index is 4.83. The Hall–Kier alpha value is -6.21. The molecule has 8 rings (SSSR count). The Morgan fingerprint density at radius 1 is 0.612 bits per heavy atom. The zero-order valence-electron chi connectivity index (χ0n) is 27.3. The van der Waals surface area contributed by atoms with Gasteiger partial charge in [-0.15, -0.1) is 5.10 Å². The molecule has 0 unspecified atom stereocenters. The second-order valence-electron chi connectivity index (χ2n) is 12.2. The van der Waals surface area contributed by atoms with Crippen LogP contribution in [0.5, 0.6) is 0 Å². The summed E-state index contributed by atoms with van der Waals surface area (Å²) in [6.45, 7) is 2.91. The van der Waals surface area contributed by atoms with Crippen molar-refractivity contribution in [2.75, 3.05) is 0 Å². The first kappa shape index (κ1) is 30.1. The molecule has 0 aliphatic heterocycles. The van der Waals surface area contributed by atoms with Crippen molar-refractivity contribution in [2.24, 2.45) is 0 Å². The molecule has 5 aromatic carbocycles. The first-order valence-electron chi connectivity index (χ1n) is 16.7. The van der Waals surface area contributed by atoms with Crippen molar-refractivity contribution in [1.82, 2.24) is 34.7 Å². The SMILES string of the molecule is CCCc1nc2ncccc2n1Cc1ccc(-c2ccccc2-c2nnnn2C(c2ccccc2)(c2ccccc2)c2ccccc2)cc1. The average molecular weight is 638 g/mol. The zero-order chi connectivity index (χ0) is 33.0. The predicted octanol–water partition coefficient (Wildman–Crippen LogP) is 8.59. The highest BCUT2D eigenvalue weighted by atomic mass is 15.6. The standard InChI is InChI=1S/C42H35N7/c1-2-15-39-44-40-38(24-14-29-43-40)48(39)30-31-25-27-32(28-26-31)36-22-12-13-23-37(36)41-45-46-47-49(41)42(33-16-6-3-7-17-33,34-18-8-4-9-19-34)35-20-10-5-11-21-35/h3-14,16-29H,2,15,30H2,1H3. The molecule has 7 heteroatoms. The van der Waals surface area contributed by atoms with Gasteiger partial charge in [-0.25, -0.2) is 14.6 Å². The van der Waals surface area contributed by atoms with Gasteiger partial charge in [0.25, 0.3) is 0 Å². The van der Waals surface area contributed by atoms with Crippen LogP contribution in [-0.2, 0) is 18.5 Å². The highest BCUT2D eigenvalue weighted by Crippen LogP contribution is 2.43. The number of imidazole rings is 1. The molecular weight excluding hydrogens is 603 g/mol. The molecule has 8 aromatic rings. The van der Waals surface area contributed by atoms with E-state index in [0.717, 1.165) is 69.8 Å². The molecule has 49 heavy (non-hydrogen) atoms. The summed E-state index contributed by atoms with van der Waals surface area (Å²) in [5, 5.41) is 13.8. The Balaban J connectivity index is 1.24. The molecule has 0 radical (unpaired) electrons. The van der Waals surface area contributed by atoms with Crippen molar-refractivity contribution in [2.45, 2.75) is 31.8 Å². The van der Waals surface area contributed by atoms with Crippen LogP contribution in [0.2, 0.25) is 0 Å². The molecule has 3 aromatic heterocycles. The largest absolute Gasteiger partial charge is 0.322 e. The third kappa shape index (κ3) is 5.39. The highest BCUT2D eigenvalue weighted by molar-refractivity contribution is 5.81. The van der Waals surface area contributed by atoms with Gasteiger partial charge in [0.2, 0.25) is 0 Å². The molecule has 0 amide bonds. The van der Waals surface area contributed by atoms with Crippen LogP contribution in [0.1, 0.15) is 41.4 Å². The summed E-state index contributed by atoms with van der Waals surface area (Å²) in [5.74, 6) is 1.74. The summed E-state index contributed by atoms with van der Waals surface area (Å²) in [6.07, 6.45) is 3.74. The predicted molar refractivity (Wildman–Crippen MR) is 194 cm³/mol. The molecule has 3 heterocycles. The Morgan fingerprint density at radius 3 is 1.82 bits per heavy atom. The van der Waals surface area contributed by atoms with Crippen LogP contribution in [0.25, 0.3) is 33.7 Å². The Bertz CT molecular complexity index is 2210. The maximum Gasteiger partial charge on any atom is 0.184 e. The second kappa shape index (κ2) is 13.1. The van der Waals surface area contributed by atoms with E-state index in [1.54, 1.807) is 0 Å². The second-order valence-corrected chi connectivity index (χ2v) is 12.2. The molecule has 0 N–H and O–H groups in total. The van der Waals surface area contributed by atoms with Crippen molar-refractivity contribution in [3.63, 3.8) is 0 Å². The topological polar surface area (TPSA) is 74.3 Å². The van der Waals surface area contributed by atoms with Crippen molar-refractivity contribution in [3.05, 3.63) is 186 Å². The minimum Gasteiger partial charge on any atom is -0.322 e. The van der Waals surface area contributed by atoms with E-state index in [-0.39, 0.29) is 0 Å². The van der Waals surface area contributed by atoms with Gasteiger partial charge in [-0.1, -0.05) is 146 Å². The summed E-state index contributed by atoms with van der Waals surface area (Å²) in [7, 11) is 0. The summed E-state index contributed by atoms with van der Waals surface area (Å²) >= 11 is 0. The number of aryl methyl sites for hydroxylation is 1. The molecule has 0 bridgehead atoms. The minimum absolute atomic E-state index is 0.679. The third-order valence-corrected chi connectivity index (χ3v) is 9.21. The molecule has 0 saturated carbocycles. The lowest BCUT2D eigenvalue weighted by Gasteiger charge is -2.36. The molecule has 0 aliphatic carbocycles. The number of nitrogens with zero attached hydrogens (tertiary/aromatic N) is 7. The van der Waals surface area contributed by atoms with E-state index < -0.39 is 5.54 Å².